The number of benzene rings is 4. The zero-order valence-electron chi connectivity index (χ0n) is 63.9. The van der Waals surface area contributed by atoms with Gasteiger partial charge >= 0.3 is 42.0 Å². The number of esters is 6. The summed E-state index contributed by atoms with van der Waals surface area (Å²) in [5, 5.41) is 15.5. The molecule has 20 nitrogen and oxygen atoms in total. The Balaban J connectivity index is 1.48. The second-order valence-electron chi connectivity index (χ2n) is 28.1. The van der Waals surface area contributed by atoms with Crippen molar-refractivity contribution in [1.29, 1.82) is 0 Å². The minimum absolute atomic E-state index is 0.0121. The van der Waals surface area contributed by atoms with E-state index in [1.165, 1.54) is 96.3 Å². The zero-order chi connectivity index (χ0) is 75.9. The van der Waals surface area contributed by atoms with E-state index in [1.54, 1.807) is 109 Å². The smallest absolute Gasteiger partial charge is 0.461 e. The number of ether oxygens (including phenoxy) is 10. The van der Waals surface area contributed by atoms with Crippen molar-refractivity contribution in [1.82, 2.24) is 5.32 Å². The SMILES string of the molecule is CCCCCCCCCCCCCC(=O)N[C@H]1[C@@H](OC(CC(=O)OCc2ccccc2)CC(=O)OCc2ccccc2)O[C@H](COC(=O)[C@H](OC(=O)CCCCCCCCCCCCC)[C@@H](OC(=O)CCCCCCCCCCCCC)C(=O)OCc2ccccc2)[C@@H](O)[C@@H]1OC(=O)OCc1ccccc1. The lowest BCUT2D eigenvalue weighted by molar-refractivity contribution is -0.285. The van der Waals surface area contributed by atoms with Crippen molar-refractivity contribution in [3.8, 4) is 0 Å². The summed E-state index contributed by atoms with van der Waals surface area (Å²) in [6.07, 6.45) is 17.4. The predicted octanol–water partition coefficient (Wildman–Crippen LogP) is 18.1. The highest BCUT2D eigenvalue weighted by atomic mass is 16.7. The van der Waals surface area contributed by atoms with E-state index in [0.29, 0.717) is 54.4 Å². The maximum absolute atomic E-state index is 15.1. The molecule has 0 saturated carbocycles. The van der Waals surface area contributed by atoms with E-state index in [1.807, 2.05) is 12.1 Å². The molecule has 1 fully saturated rings. The molecule has 20 heteroatoms. The van der Waals surface area contributed by atoms with Crippen LogP contribution in [0.1, 0.15) is 287 Å². The Labute approximate surface area is 631 Å². The summed E-state index contributed by atoms with van der Waals surface area (Å²) in [5.74, 6) is -6.54. The number of unbranched alkanes of at least 4 members (excludes halogenated alkanes) is 30. The average molecular weight is 1480 g/mol. The largest absolute Gasteiger partial charge is 0.509 e. The fourth-order valence-electron chi connectivity index (χ4n) is 12.6. The normalized spacial score (nSPS) is 16.1. The molecule has 2 N–H and O–H groups in total. The predicted molar refractivity (Wildman–Crippen MR) is 405 cm³/mol. The van der Waals surface area contributed by atoms with Crippen LogP contribution in [0.15, 0.2) is 121 Å². The van der Waals surface area contributed by atoms with Gasteiger partial charge < -0.3 is 57.8 Å². The Morgan fingerprint density at radius 3 is 1.08 bits per heavy atom. The van der Waals surface area contributed by atoms with Crippen LogP contribution >= 0.6 is 0 Å². The molecule has 1 aliphatic rings. The Bertz CT molecular complexity index is 2950. The van der Waals surface area contributed by atoms with Crippen molar-refractivity contribution in [3.63, 3.8) is 0 Å². The summed E-state index contributed by atoms with van der Waals surface area (Å²) in [7, 11) is 0. The van der Waals surface area contributed by atoms with Crippen molar-refractivity contribution >= 4 is 47.9 Å². The molecule has 0 aromatic heterocycles. The first-order valence-corrected chi connectivity index (χ1v) is 40.1. The molecule has 0 bridgehead atoms. The number of aliphatic hydroxyl groups is 1. The first kappa shape index (κ1) is 88.9. The van der Waals surface area contributed by atoms with Gasteiger partial charge in [0.1, 0.15) is 51.3 Å². The van der Waals surface area contributed by atoms with Crippen molar-refractivity contribution < 1.29 is 90.8 Å². The molecule has 588 valence electrons. The Morgan fingerprint density at radius 1 is 0.387 bits per heavy atom. The van der Waals surface area contributed by atoms with Crippen LogP contribution in [0.2, 0.25) is 0 Å². The highest BCUT2D eigenvalue weighted by molar-refractivity contribution is 5.89. The van der Waals surface area contributed by atoms with Crippen molar-refractivity contribution in [2.24, 2.45) is 0 Å². The van der Waals surface area contributed by atoms with Crippen LogP contribution in [0.4, 0.5) is 4.79 Å². The van der Waals surface area contributed by atoms with Crippen LogP contribution in [0.3, 0.4) is 0 Å². The second kappa shape index (κ2) is 56.6. The Morgan fingerprint density at radius 2 is 0.708 bits per heavy atom. The summed E-state index contributed by atoms with van der Waals surface area (Å²) in [6, 6.07) is 33.6. The number of nitrogens with one attached hydrogen (secondary N) is 1. The highest BCUT2D eigenvalue weighted by Gasteiger charge is 2.51. The topological polar surface area (TPSA) is 261 Å². The molecule has 1 heterocycles. The van der Waals surface area contributed by atoms with Gasteiger partial charge in [0.2, 0.25) is 18.1 Å². The van der Waals surface area contributed by atoms with E-state index >= 15 is 4.79 Å². The summed E-state index contributed by atoms with van der Waals surface area (Å²) in [4.78, 5) is 114. The number of carbonyl (C=O) groups excluding carboxylic acids is 8. The Kier molecular flexibility index (Phi) is 47.5. The van der Waals surface area contributed by atoms with Gasteiger partial charge in [0.25, 0.3) is 0 Å². The third-order valence-corrected chi connectivity index (χ3v) is 18.9. The number of amides is 1. The average Bonchev–Trinajstić information content (AvgIpc) is 0.789. The molecule has 0 radical (unpaired) electrons. The van der Waals surface area contributed by atoms with Gasteiger partial charge in [-0.1, -0.05) is 335 Å². The molecule has 106 heavy (non-hydrogen) atoms. The molecule has 1 saturated heterocycles. The third kappa shape index (κ3) is 39.8. The fraction of sp³-hybridized carbons (Fsp3) is 0.628. The molecule has 0 aliphatic carbocycles. The van der Waals surface area contributed by atoms with Crippen LogP contribution < -0.4 is 5.32 Å². The monoisotopic (exact) mass is 1480 g/mol. The van der Waals surface area contributed by atoms with Crippen LogP contribution in [-0.4, -0.2) is 109 Å². The van der Waals surface area contributed by atoms with E-state index < -0.39 is 116 Å². The molecule has 5 rings (SSSR count). The van der Waals surface area contributed by atoms with Crippen molar-refractivity contribution in [3.05, 3.63) is 144 Å². The van der Waals surface area contributed by atoms with Crippen LogP contribution in [0.25, 0.3) is 0 Å². The molecule has 4 aromatic carbocycles. The quantitative estimate of drug-likeness (QED) is 0.0236. The maximum atomic E-state index is 15.1. The molecule has 1 amide bonds. The van der Waals surface area contributed by atoms with Gasteiger partial charge in [-0.15, -0.1) is 0 Å². The van der Waals surface area contributed by atoms with Gasteiger partial charge in [-0.05, 0) is 41.5 Å². The minimum atomic E-state index is -2.27. The molecular weight excluding hydrogens is 1350 g/mol. The fourth-order valence-corrected chi connectivity index (χ4v) is 12.6. The number of hydrogen-bond donors (Lipinski definition) is 2. The zero-order valence-corrected chi connectivity index (χ0v) is 63.9. The Hall–Kier alpha value is -7.68. The number of hydrogen-bond acceptors (Lipinski definition) is 19. The minimum Gasteiger partial charge on any atom is -0.461 e. The number of aliphatic hydroxyl groups excluding tert-OH is 1. The molecule has 0 spiro atoms. The summed E-state index contributed by atoms with van der Waals surface area (Å²) >= 11 is 0. The van der Waals surface area contributed by atoms with E-state index in [9.17, 15) is 38.7 Å². The lowest BCUT2D eigenvalue weighted by atomic mass is 9.96. The number of carbonyl (C=O) groups is 8. The molecule has 1 aliphatic heterocycles. The van der Waals surface area contributed by atoms with Crippen LogP contribution in [0.5, 0.6) is 0 Å². The van der Waals surface area contributed by atoms with Gasteiger partial charge in [0, 0.05) is 19.3 Å². The van der Waals surface area contributed by atoms with E-state index in [2.05, 4.69) is 26.1 Å². The van der Waals surface area contributed by atoms with E-state index in [0.717, 1.165) is 83.5 Å². The summed E-state index contributed by atoms with van der Waals surface area (Å²) in [5.41, 5.74) is 2.50. The van der Waals surface area contributed by atoms with Crippen LogP contribution in [-0.2, 0) is 107 Å². The van der Waals surface area contributed by atoms with Gasteiger partial charge in [0.05, 0.1) is 18.9 Å². The summed E-state index contributed by atoms with van der Waals surface area (Å²) in [6.45, 7) is 4.76. The highest BCUT2D eigenvalue weighted by Crippen LogP contribution is 2.30. The molecule has 7 atom stereocenters. The molecule has 4 aromatic rings. The first-order chi connectivity index (χ1) is 51.8. The van der Waals surface area contributed by atoms with Crippen LogP contribution in [0, 0.1) is 0 Å². The molecular formula is C86H125NO19. The first-order valence-electron chi connectivity index (χ1n) is 40.1. The van der Waals surface area contributed by atoms with Gasteiger partial charge in [0.15, 0.2) is 12.4 Å². The van der Waals surface area contributed by atoms with E-state index in [-0.39, 0.29) is 45.7 Å². The van der Waals surface area contributed by atoms with Gasteiger partial charge in [-0.25, -0.2) is 14.4 Å². The third-order valence-electron chi connectivity index (χ3n) is 18.9. The summed E-state index contributed by atoms with van der Waals surface area (Å²) < 4.78 is 59.5. The number of rotatable bonds is 59. The second-order valence-corrected chi connectivity index (χ2v) is 28.1. The molecule has 0 unspecified atom stereocenters. The van der Waals surface area contributed by atoms with Crippen molar-refractivity contribution in [2.45, 2.75) is 340 Å². The van der Waals surface area contributed by atoms with Crippen molar-refractivity contribution in [2.75, 3.05) is 6.61 Å². The van der Waals surface area contributed by atoms with Gasteiger partial charge in [-0.3, -0.25) is 24.0 Å². The lowest BCUT2D eigenvalue weighted by Gasteiger charge is -2.44. The maximum Gasteiger partial charge on any atom is 0.509 e. The van der Waals surface area contributed by atoms with Gasteiger partial charge in [-0.2, -0.15) is 0 Å². The lowest BCUT2D eigenvalue weighted by Crippen LogP contribution is -2.66. The van der Waals surface area contributed by atoms with E-state index in [4.69, 9.17) is 47.4 Å². The standard InChI is InChI=1S/C86H125NO19/c1-4-7-10-13-16-19-22-25-28-31-46-57-73(88)87-78-80(106-86(96)101-65-70-55-44-37-45-56-70)79(93)72(103-85(78)102-71(60-76(91)97-62-67-49-38-34-39-50-67)61-77(92)98-63-68-51-40-35-41-52-68)66-100-84(95)82(105-75(90)59-48-33-30-27-24-21-18-15-12-9-6-3)81(83(94)99-64-69-53-42-36-43-54-69)104-74(89)58-47-32-29-26-23-20-17-14-11-8-5-2/h34-45,49-56,71-72,78-82,85,93H,4-33,46-48,57-66H2,1-3H3,(H,87,88)/t72-,78-,79-,80-,81-,82-,85+/m1/s1.